The van der Waals surface area contributed by atoms with Gasteiger partial charge in [-0.2, -0.15) is 5.26 Å². The third-order valence-electron chi connectivity index (χ3n) is 3.18. The number of nitriles is 1. The molecule has 7 heteroatoms. The van der Waals surface area contributed by atoms with Crippen LogP contribution in [0.2, 0.25) is 5.02 Å². The monoisotopic (exact) mass is 344 g/mol. The lowest BCUT2D eigenvalue weighted by molar-refractivity contribution is -0.135. The highest BCUT2D eigenvalue weighted by molar-refractivity contribution is 6.30. The Labute approximate surface area is 143 Å². The second-order valence-corrected chi connectivity index (χ2v) is 5.09. The van der Waals surface area contributed by atoms with E-state index >= 15 is 0 Å². The van der Waals surface area contributed by atoms with Gasteiger partial charge in [0.15, 0.2) is 0 Å². The molecule has 2 aromatic rings. The van der Waals surface area contributed by atoms with E-state index in [-0.39, 0.29) is 11.3 Å². The molecule has 1 heterocycles. The zero-order valence-electron chi connectivity index (χ0n) is 12.9. The maximum Gasteiger partial charge on any atom is 0.355 e. The van der Waals surface area contributed by atoms with Crippen LogP contribution in [0.1, 0.15) is 16.1 Å². The summed E-state index contributed by atoms with van der Waals surface area (Å²) in [7, 11) is 2.46. The molecule has 2 rings (SSSR count). The molecule has 0 radical (unpaired) electrons. The summed E-state index contributed by atoms with van der Waals surface area (Å²) in [6.07, 6.45) is 2.94. The molecule has 0 fully saturated rings. The molecular formula is C17H13ClN2O4. The highest BCUT2D eigenvalue weighted by Gasteiger charge is 2.16. The Bertz CT molecular complexity index is 844. The molecule has 122 valence electrons. The first-order chi connectivity index (χ1) is 11.5. The Morgan fingerprint density at radius 3 is 2.42 bits per heavy atom. The van der Waals surface area contributed by atoms with Gasteiger partial charge in [0.2, 0.25) is 0 Å². The molecule has 0 aliphatic carbocycles. The topological polar surface area (TPSA) is 81.3 Å². The predicted molar refractivity (Wildman–Crippen MR) is 87.7 cm³/mol. The molecule has 0 saturated heterocycles. The average Bonchev–Trinajstić information content (AvgIpc) is 3.02. The van der Waals surface area contributed by atoms with Crippen LogP contribution in [0.15, 0.2) is 42.1 Å². The lowest BCUT2D eigenvalue weighted by Gasteiger charge is -2.07. The largest absolute Gasteiger partial charge is 0.465 e. The minimum atomic E-state index is -0.753. The maximum absolute atomic E-state index is 12.0. The number of hydrogen-bond donors (Lipinski definition) is 0. The fraction of sp³-hybridized carbons (Fsp3) is 0.118. The van der Waals surface area contributed by atoms with Crippen LogP contribution >= 0.6 is 11.6 Å². The number of halogens is 1. The Morgan fingerprint density at radius 2 is 1.88 bits per heavy atom. The van der Waals surface area contributed by atoms with E-state index < -0.39 is 11.9 Å². The fourth-order valence-corrected chi connectivity index (χ4v) is 2.18. The van der Waals surface area contributed by atoms with Crippen molar-refractivity contribution >= 4 is 29.6 Å². The van der Waals surface area contributed by atoms with E-state index in [4.69, 9.17) is 21.6 Å². The van der Waals surface area contributed by atoms with E-state index in [2.05, 4.69) is 4.74 Å². The van der Waals surface area contributed by atoms with E-state index in [1.54, 1.807) is 41.1 Å². The zero-order chi connectivity index (χ0) is 17.7. The van der Waals surface area contributed by atoms with E-state index in [0.717, 1.165) is 0 Å². The lowest BCUT2D eigenvalue weighted by Crippen LogP contribution is -2.08. The van der Waals surface area contributed by atoms with Crippen molar-refractivity contribution in [1.82, 2.24) is 4.57 Å². The van der Waals surface area contributed by atoms with Crippen molar-refractivity contribution in [2.45, 2.75) is 0 Å². The van der Waals surface area contributed by atoms with E-state index in [1.165, 1.54) is 26.4 Å². The summed E-state index contributed by atoms with van der Waals surface area (Å²) >= 11 is 5.87. The number of rotatable bonds is 4. The summed E-state index contributed by atoms with van der Waals surface area (Å²) in [6.45, 7) is 0. The molecule has 6 nitrogen and oxygen atoms in total. The van der Waals surface area contributed by atoms with Gasteiger partial charge in [0.25, 0.3) is 0 Å². The van der Waals surface area contributed by atoms with Crippen LogP contribution in [-0.4, -0.2) is 30.7 Å². The Hall–Kier alpha value is -3.04. The smallest absolute Gasteiger partial charge is 0.355 e. The van der Waals surface area contributed by atoms with Gasteiger partial charge < -0.3 is 14.0 Å². The van der Waals surface area contributed by atoms with Crippen molar-refractivity contribution < 1.29 is 19.1 Å². The second kappa shape index (κ2) is 7.49. The van der Waals surface area contributed by atoms with Gasteiger partial charge in [-0.1, -0.05) is 11.6 Å². The van der Waals surface area contributed by atoms with Crippen molar-refractivity contribution in [3.8, 4) is 11.8 Å². The molecule has 0 N–H and O–H groups in total. The van der Waals surface area contributed by atoms with Crippen molar-refractivity contribution in [2.75, 3.05) is 14.2 Å². The van der Waals surface area contributed by atoms with Gasteiger partial charge in [0.05, 0.1) is 14.2 Å². The standard InChI is InChI=1S/C17H13ClN2O4/c1-23-16(21)12(9-19)7-11-8-15(17(22)24-2)20(10-11)14-5-3-13(18)4-6-14/h3-8,10H,1-2H3/b12-7+. The summed E-state index contributed by atoms with van der Waals surface area (Å²) in [5.41, 5.74) is 1.22. The Morgan fingerprint density at radius 1 is 1.21 bits per heavy atom. The number of esters is 2. The Balaban J connectivity index is 2.55. The normalized spacial score (nSPS) is 10.8. The number of aromatic nitrogens is 1. The van der Waals surface area contributed by atoms with Gasteiger partial charge in [-0.15, -0.1) is 0 Å². The fourth-order valence-electron chi connectivity index (χ4n) is 2.05. The molecule has 1 aromatic heterocycles. The molecule has 0 amide bonds. The summed E-state index contributed by atoms with van der Waals surface area (Å²) in [5, 5.41) is 9.59. The molecule has 0 atom stereocenters. The SMILES string of the molecule is COC(=O)/C(C#N)=C/c1cc(C(=O)OC)n(-c2ccc(Cl)cc2)c1. The number of methoxy groups -OCH3 is 2. The quantitative estimate of drug-likeness (QED) is 0.484. The third-order valence-corrected chi connectivity index (χ3v) is 3.43. The van der Waals surface area contributed by atoms with E-state index in [9.17, 15) is 9.59 Å². The summed E-state index contributed by atoms with van der Waals surface area (Å²) in [6, 6.07) is 10.1. The van der Waals surface area contributed by atoms with Crippen molar-refractivity contribution in [3.05, 3.63) is 58.4 Å². The molecule has 0 saturated carbocycles. The highest BCUT2D eigenvalue weighted by atomic mass is 35.5. The van der Waals surface area contributed by atoms with Crippen LogP contribution in [0.5, 0.6) is 0 Å². The number of benzene rings is 1. The van der Waals surface area contributed by atoms with Crippen LogP contribution in [0.3, 0.4) is 0 Å². The van der Waals surface area contributed by atoms with Gasteiger partial charge in [0.1, 0.15) is 17.3 Å². The first kappa shape index (κ1) is 17.3. The Kier molecular flexibility index (Phi) is 5.40. The number of nitrogens with zero attached hydrogens (tertiary/aromatic N) is 2. The van der Waals surface area contributed by atoms with Crippen LogP contribution in [0, 0.1) is 11.3 Å². The maximum atomic E-state index is 12.0. The van der Waals surface area contributed by atoms with Crippen LogP contribution in [0.4, 0.5) is 0 Å². The van der Waals surface area contributed by atoms with Crippen molar-refractivity contribution in [3.63, 3.8) is 0 Å². The molecule has 0 bridgehead atoms. The first-order valence-corrected chi connectivity index (χ1v) is 7.14. The minimum Gasteiger partial charge on any atom is -0.465 e. The molecule has 1 aromatic carbocycles. The summed E-state index contributed by atoms with van der Waals surface area (Å²) in [5.74, 6) is -1.31. The van der Waals surface area contributed by atoms with E-state index in [1.807, 2.05) is 0 Å². The number of carbonyl (C=O) groups is 2. The van der Waals surface area contributed by atoms with Crippen LogP contribution < -0.4 is 0 Å². The zero-order valence-corrected chi connectivity index (χ0v) is 13.7. The lowest BCUT2D eigenvalue weighted by atomic mass is 10.2. The minimum absolute atomic E-state index is 0.179. The van der Waals surface area contributed by atoms with Gasteiger partial charge >= 0.3 is 11.9 Å². The molecule has 0 aliphatic heterocycles. The summed E-state index contributed by atoms with van der Waals surface area (Å²) in [4.78, 5) is 23.5. The summed E-state index contributed by atoms with van der Waals surface area (Å²) < 4.78 is 10.9. The average molecular weight is 345 g/mol. The first-order valence-electron chi connectivity index (χ1n) is 6.77. The molecule has 0 unspecified atom stereocenters. The molecule has 24 heavy (non-hydrogen) atoms. The van der Waals surface area contributed by atoms with Crippen molar-refractivity contribution in [1.29, 1.82) is 5.26 Å². The molecule has 0 spiro atoms. The molecule has 0 aliphatic rings. The number of hydrogen-bond acceptors (Lipinski definition) is 5. The third kappa shape index (κ3) is 3.65. The van der Waals surface area contributed by atoms with Gasteiger partial charge in [-0.05, 0) is 42.0 Å². The van der Waals surface area contributed by atoms with Gasteiger partial charge in [0, 0.05) is 16.9 Å². The van der Waals surface area contributed by atoms with E-state index in [0.29, 0.717) is 16.3 Å². The predicted octanol–water partition coefficient (Wildman–Crippen LogP) is 3.00. The van der Waals surface area contributed by atoms with Gasteiger partial charge in [-0.25, -0.2) is 9.59 Å². The van der Waals surface area contributed by atoms with Crippen molar-refractivity contribution in [2.24, 2.45) is 0 Å². The number of carbonyl (C=O) groups excluding carboxylic acids is 2. The van der Waals surface area contributed by atoms with Crippen LogP contribution in [0.25, 0.3) is 11.8 Å². The second-order valence-electron chi connectivity index (χ2n) is 4.66. The highest BCUT2D eigenvalue weighted by Crippen LogP contribution is 2.21. The molecular weight excluding hydrogens is 332 g/mol. The number of ether oxygens (including phenoxy) is 2. The van der Waals surface area contributed by atoms with Gasteiger partial charge in [-0.3, -0.25) is 0 Å². The van der Waals surface area contributed by atoms with Crippen LogP contribution in [-0.2, 0) is 14.3 Å².